The van der Waals surface area contributed by atoms with E-state index in [4.69, 9.17) is 0 Å². The lowest BCUT2D eigenvalue weighted by atomic mass is 10.2. The van der Waals surface area contributed by atoms with E-state index in [-0.39, 0.29) is 5.91 Å². The van der Waals surface area contributed by atoms with E-state index in [1.165, 1.54) is 4.68 Å². The predicted molar refractivity (Wildman–Crippen MR) is 118 cm³/mol. The number of pyridine rings is 1. The Morgan fingerprint density at radius 3 is 2.53 bits per heavy atom. The molecule has 0 spiro atoms. The summed E-state index contributed by atoms with van der Waals surface area (Å²) in [6, 6.07) is 22.9. The van der Waals surface area contributed by atoms with Crippen molar-refractivity contribution in [1.29, 1.82) is 0 Å². The first kappa shape index (κ1) is 19.3. The fourth-order valence-corrected chi connectivity index (χ4v) is 2.99. The number of carbonyl (C=O) groups is 1. The van der Waals surface area contributed by atoms with Gasteiger partial charge in [0.15, 0.2) is 0 Å². The summed E-state index contributed by atoms with van der Waals surface area (Å²) in [5, 5.41) is 7.70. The van der Waals surface area contributed by atoms with E-state index in [0.717, 1.165) is 11.3 Å². The van der Waals surface area contributed by atoms with E-state index in [0.29, 0.717) is 29.6 Å². The monoisotopic (exact) mass is 398 g/mol. The first-order valence-corrected chi connectivity index (χ1v) is 9.60. The third kappa shape index (κ3) is 4.20. The normalized spacial score (nSPS) is 10.6. The minimum Gasteiger partial charge on any atom is -0.378 e. The number of hydrogen-bond acceptors (Lipinski definition) is 6. The van der Waals surface area contributed by atoms with Gasteiger partial charge in [0.2, 0.25) is 11.8 Å². The van der Waals surface area contributed by atoms with Crippen LogP contribution < -0.4 is 10.2 Å². The second-order valence-corrected chi connectivity index (χ2v) is 6.97. The Balaban J connectivity index is 1.70. The van der Waals surface area contributed by atoms with Gasteiger partial charge in [-0.05, 0) is 35.9 Å². The van der Waals surface area contributed by atoms with Crippen LogP contribution in [0.3, 0.4) is 0 Å². The minimum atomic E-state index is -0.260. The summed E-state index contributed by atoms with van der Waals surface area (Å²) >= 11 is 0. The van der Waals surface area contributed by atoms with Gasteiger partial charge in [0.25, 0.3) is 5.91 Å². The van der Waals surface area contributed by atoms with Gasteiger partial charge in [-0.3, -0.25) is 9.78 Å². The van der Waals surface area contributed by atoms with Gasteiger partial charge < -0.3 is 10.2 Å². The summed E-state index contributed by atoms with van der Waals surface area (Å²) in [5.74, 6) is 0.506. The van der Waals surface area contributed by atoms with E-state index < -0.39 is 0 Å². The zero-order valence-corrected chi connectivity index (χ0v) is 16.9. The number of aromatic nitrogens is 4. The summed E-state index contributed by atoms with van der Waals surface area (Å²) in [6.07, 6.45) is 1.68. The molecule has 4 rings (SSSR count). The van der Waals surface area contributed by atoms with Gasteiger partial charge in [-0.15, -0.1) is 5.10 Å². The number of rotatable bonds is 6. The number of nitrogens with one attached hydrogen (secondary N) is 1. The van der Waals surface area contributed by atoms with Crippen molar-refractivity contribution >= 4 is 17.5 Å². The second kappa shape index (κ2) is 8.57. The molecule has 0 aliphatic heterocycles. The molecule has 30 heavy (non-hydrogen) atoms. The molecule has 7 nitrogen and oxygen atoms in total. The molecule has 0 radical (unpaired) electrons. The first-order chi connectivity index (χ1) is 14.6. The molecule has 7 heteroatoms. The molecule has 0 amide bonds. The third-order valence-corrected chi connectivity index (χ3v) is 4.60. The smallest absolute Gasteiger partial charge is 0.281 e. The molecule has 150 valence electrons. The van der Waals surface area contributed by atoms with Crippen LogP contribution in [0.5, 0.6) is 0 Å². The van der Waals surface area contributed by atoms with Crippen molar-refractivity contribution in [3.63, 3.8) is 0 Å². The van der Waals surface area contributed by atoms with Gasteiger partial charge in [0.05, 0.1) is 0 Å². The Hall–Kier alpha value is -4.00. The highest BCUT2D eigenvalue weighted by molar-refractivity contribution is 5.97. The standard InChI is InChI=1S/C23H22N6O/c1-28(2)19-12-8-11-18(15-19)22(30)29-23(25-16-17-9-4-3-5-10-17)26-21(27-29)20-13-6-7-14-24-20/h3-15H,16H2,1-2H3,(H,25,26,27). The molecule has 0 saturated carbocycles. The lowest BCUT2D eigenvalue weighted by Crippen LogP contribution is -2.18. The fourth-order valence-electron chi connectivity index (χ4n) is 2.99. The van der Waals surface area contributed by atoms with Gasteiger partial charge in [-0.1, -0.05) is 42.5 Å². The Bertz CT molecular complexity index is 1140. The molecule has 0 aliphatic carbocycles. The summed E-state index contributed by atoms with van der Waals surface area (Å²) in [6.45, 7) is 0.520. The molecule has 0 aliphatic rings. The van der Waals surface area contributed by atoms with Gasteiger partial charge in [-0.25, -0.2) is 0 Å². The Morgan fingerprint density at radius 2 is 1.80 bits per heavy atom. The summed E-state index contributed by atoms with van der Waals surface area (Å²) in [4.78, 5) is 24.1. The van der Waals surface area contributed by atoms with Gasteiger partial charge >= 0.3 is 0 Å². The van der Waals surface area contributed by atoms with Crippen molar-refractivity contribution in [2.75, 3.05) is 24.3 Å². The number of benzene rings is 2. The molecule has 0 atom stereocenters. The van der Waals surface area contributed by atoms with Gasteiger partial charge in [0.1, 0.15) is 5.69 Å². The third-order valence-electron chi connectivity index (χ3n) is 4.60. The van der Waals surface area contributed by atoms with E-state index in [1.54, 1.807) is 12.3 Å². The molecule has 4 aromatic rings. The number of hydrogen-bond donors (Lipinski definition) is 1. The minimum absolute atomic E-state index is 0.260. The molecule has 2 aromatic heterocycles. The molecule has 0 saturated heterocycles. The Labute approximate surface area is 175 Å². The Morgan fingerprint density at radius 1 is 1.00 bits per heavy atom. The summed E-state index contributed by atoms with van der Waals surface area (Å²) < 4.78 is 1.31. The SMILES string of the molecule is CN(C)c1cccc(C(=O)n2nc(-c3ccccn3)nc2NCc2ccccc2)c1. The molecule has 2 aromatic carbocycles. The van der Waals surface area contributed by atoms with Crippen LogP contribution >= 0.6 is 0 Å². The van der Waals surface area contributed by atoms with Gasteiger partial charge in [0, 0.05) is 38.1 Å². The van der Waals surface area contributed by atoms with E-state index in [2.05, 4.69) is 20.4 Å². The maximum Gasteiger partial charge on any atom is 0.281 e. The van der Waals surface area contributed by atoms with Crippen LogP contribution in [0.1, 0.15) is 15.9 Å². The molecule has 0 fully saturated rings. The maximum atomic E-state index is 13.3. The number of anilines is 2. The van der Waals surface area contributed by atoms with Crippen molar-refractivity contribution in [3.05, 3.63) is 90.1 Å². The second-order valence-electron chi connectivity index (χ2n) is 6.97. The quantitative estimate of drug-likeness (QED) is 0.534. The van der Waals surface area contributed by atoms with Crippen molar-refractivity contribution in [2.24, 2.45) is 0 Å². The average molecular weight is 398 g/mol. The maximum absolute atomic E-state index is 13.3. The van der Waals surface area contributed by atoms with Crippen LogP contribution in [0.15, 0.2) is 79.0 Å². The van der Waals surface area contributed by atoms with Crippen LogP contribution in [0, 0.1) is 0 Å². The zero-order valence-electron chi connectivity index (χ0n) is 16.9. The zero-order chi connectivity index (χ0) is 20.9. The lowest BCUT2D eigenvalue weighted by Gasteiger charge is -2.13. The molecule has 1 N–H and O–H groups in total. The highest BCUT2D eigenvalue weighted by Crippen LogP contribution is 2.19. The lowest BCUT2D eigenvalue weighted by molar-refractivity contribution is 0.0947. The number of carbonyl (C=O) groups excluding carboxylic acids is 1. The van der Waals surface area contributed by atoms with Crippen LogP contribution in [0.2, 0.25) is 0 Å². The van der Waals surface area contributed by atoms with Gasteiger partial charge in [-0.2, -0.15) is 9.67 Å². The van der Waals surface area contributed by atoms with Crippen LogP contribution in [-0.4, -0.2) is 39.8 Å². The summed E-state index contributed by atoms with van der Waals surface area (Å²) in [7, 11) is 3.87. The number of nitrogens with zero attached hydrogens (tertiary/aromatic N) is 5. The van der Waals surface area contributed by atoms with Crippen LogP contribution in [0.25, 0.3) is 11.5 Å². The first-order valence-electron chi connectivity index (χ1n) is 9.60. The van der Waals surface area contributed by atoms with Crippen molar-refractivity contribution in [1.82, 2.24) is 19.7 Å². The Kier molecular flexibility index (Phi) is 5.52. The summed E-state index contributed by atoms with van der Waals surface area (Å²) in [5.41, 5.74) is 3.15. The highest BCUT2D eigenvalue weighted by atomic mass is 16.2. The van der Waals surface area contributed by atoms with E-state index >= 15 is 0 Å². The van der Waals surface area contributed by atoms with Crippen LogP contribution in [-0.2, 0) is 6.54 Å². The molecule has 0 bridgehead atoms. The van der Waals surface area contributed by atoms with Crippen molar-refractivity contribution in [2.45, 2.75) is 6.54 Å². The molecule has 0 unspecified atom stereocenters. The highest BCUT2D eigenvalue weighted by Gasteiger charge is 2.19. The average Bonchev–Trinajstić information content (AvgIpc) is 3.23. The molecule has 2 heterocycles. The van der Waals surface area contributed by atoms with E-state index in [1.807, 2.05) is 85.7 Å². The van der Waals surface area contributed by atoms with Crippen molar-refractivity contribution in [3.8, 4) is 11.5 Å². The molecular weight excluding hydrogens is 376 g/mol. The predicted octanol–water partition coefficient (Wildman–Crippen LogP) is 3.71. The van der Waals surface area contributed by atoms with Crippen molar-refractivity contribution < 1.29 is 4.79 Å². The van der Waals surface area contributed by atoms with Crippen LogP contribution in [0.4, 0.5) is 11.6 Å². The topological polar surface area (TPSA) is 75.9 Å². The van der Waals surface area contributed by atoms with E-state index in [9.17, 15) is 4.79 Å². The largest absolute Gasteiger partial charge is 0.378 e. The molecular formula is C23H22N6O. The fraction of sp³-hybridized carbons (Fsp3) is 0.130.